The van der Waals surface area contributed by atoms with Crippen LogP contribution in [0.3, 0.4) is 0 Å². The molecule has 0 heterocycles. The fourth-order valence-corrected chi connectivity index (χ4v) is 2.18. The van der Waals surface area contributed by atoms with Crippen molar-refractivity contribution in [2.75, 3.05) is 7.11 Å². The van der Waals surface area contributed by atoms with Gasteiger partial charge in [-0.1, -0.05) is 29.8 Å². The van der Waals surface area contributed by atoms with E-state index in [1.807, 2.05) is 0 Å². The maximum absolute atomic E-state index is 11.8. The minimum atomic E-state index is -0.611. The van der Waals surface area contributed by atoms with Gasteiger partial charge >= 0.3 is 11.9 Å². The van der Waals surface area contributed by atoms with Crippen molar-refractivity contribution in [3.8, 4) is 0 Å². The number of methoxy groups -OCH3 is 1. The number of hydrogen-bond acceptors (Lipinski definition) is 6. The zero-order valence-electron chi connectivity index (χ0n) is 13.7. The molecule has 0 aliphatic carbocycles. The van der Waals surface area contributed by atoms with Gasteiger partial charge in [-0.2, -0.15) is 0 Å². The summed E-state index contributed by atoms with van der Waals surface area (Å²) in [7, 11) is 1.29. The number of halogens is 1. The number of nitro benzene ring substituents is 1. The average Bonchev–Trinajstić information content (AvgIpc) is 2.65. The van der Waals surface area contributed by atoms with Gasteiger partial charge in [0, 0.05) is 12.1 Å². The minimum absolute atomic E-state index is 0.0186. The van der Waals surface area contributed by atoms with Crippen molar-refractivity contribution in [2.24, 2.45) is 0 Å². The van der Waals surface area contributed by atoms with E-state index in [4.69, 9.17) is 16.3 Å². The van der Waals surface area contributed by atoms with E-state index >= 15 is 0 Å². The summed E-state index contributed by atoms with van der Waals surface area (Å²) in [6.45, 7) is 0.0192. The Morgan fingerprint density at radius 2 is 1.88 bits per heavy atom. The lowest BCUT2D eigenvalue weighted by Crippen LogP contribution is -2.03. The number of esters is 2. The van der Waals surface area contributed by atoms with Crippen LogP contribution in [-0.2, 0) is 20.9 Å². The molecule has 0 N–H and O–H groups in total. The maximum Gasteiger partial charge on any atom is 0.337 e. The molecule has 0 amide bonds. The Kier molecular flexibility index (Phi) is 6.46. The highest BCUT2D eigenvalue weighted by Gasteiger charge is 2.12. The molecule has 2 aromatic rings. The van der Waals surface area contributed by atoms with Crippen LogP contribution in [0.25, 0.3) is 6.08 Å². The van der Waals surface area contributed by atoms with Gasteiger partial charge in [-0.25, -0.2) is 9.59 Å². The Hall–Kier alpha value is -3.19. The number of nitrogens with zero attached hydrogens (tertiary/aromatic N) is 1. The van der Waals surface area contributed by atoms with E-state index < -0.39 is 16.9 Å². The summed E-state index contributed by atoms with van der Waals surface area (Å²) in [5.74, 6) is -1.06. The second-order valence-corrected chi connectivity index (χ2v) is 5.50. The normalized spacial score (nSPS) is 10.5. The van der Waals surface area contributed by atoms with E-state index in [1.54, 1.807) is 30.3 Å². The van der Waals surface area contributed by atoms with Crippen molar-refractivity contribution in [1.82, 2.24) is 0 Å². The molecule has 2 aromatic carbocycles. The van der Waals surface area contributed by atoms with E-state index in [9.17, 15) is 19.7 Å². The van der Waals surface area contributed by atoms with Gasteiger partial charge in [0.2, 0.25) is 0 Å². The molecule has 2 rings (SSSR count). The molecular formula is C18H14ClNO6. The van der Waals surface area contributed by atoms with Crippen molar-refractivity contribution < 1.29 is 24.0 Å². The van der Waals surface area contributed by atoms with Crippen LogP contribution in [0.2, 0.25) is 5.02 Å². The van der Waals surface area contributed by atoms with E-state index in [0.717, 1.165) is 6.08 Å². The third-order valence-corrected chi connectivity index (χ3v) is 3.65. The molecule has 0 fully saturated rings. The van der Waals surface area contributed by atoms with Crippen LogP contribution in [0.4, 0.5) is 5.69 Å². The highest BCUT2D eigenvalue weighted by atomic mass is 35.5. The van der Waals surface area contributed by atoms with E-state index in [2.05, 4.69) is 4.74 Å². The first-order chi connectivity index (χ1) is 12.4. The largest absolute Gasteiger partial charge is 0.465 e. The lowest BCUT2D eigenvalue weighted by atomic mass is 10.1. The van der Waals surface area contributed by atoms with Crippen molar-refractivity contribution in [1.29, 1.82) is 0 Å². The van der Waals surface area contributed by atoms with Crippen molar-refractivity contribution in [3.63, 3.8) is 0 Å². The van der Waals surface area contributed by atoms with Gasteiger partial charge in [0.1, 0.15) is 11.6 Å². The number of ether oxygens (including phenoxy) is 2. The van der Waals surface area contributed by atoms with Gasteiger partial charge < -0.3 is 9.47 Å². The van der Waals surface area contributed by atoms with Gasteiger partial charge in [0.05, 0.1) is 17.6 Å². The van der Waals surface area contributed by atoms with E-state index in [0.29, 0.717) is 16.7 Å². The number of benzene rings is 2. The number of hydrogen-bond donors (Lipinski definition) is 0. The molecule has 0 saturated heterocycles. The Morgan fingerprint density at radius 3 is 2.50 bits per heavy atom. The molecule has 7 nitrogen and oxygen atoms in total. The quantitative estimate of drug-likeness (QED) is 0.330. The smallest absolute Gasteiger partial charge is 0.337 e. The van der Waals surface area contributed by atoms with Crippen LogP contribution in [0, 0.1) is 10.1 Å². The molecule has 0 aliphatic rings. The molecule has 0 unspecified atom stereocenters. The van der Waals surface area contributed by atoms with Gasteiger partial charge in [0.25, 0.3) is 5.69 Å². The lowest BCUT2D eigenvalue weighted by molar-refractivity contribution is -0.384. The number of carbonyl (C=O) groups is 2. The highest BCUT2D eigenvalue weighted by molar-refractivity contribution is 6.32. The van der Waals surface area contributed by atoms with Crippen LogP contribution >= 0.6 is 11.6 Å². The monoisotopic (exact) mass is 375 g/mol. The standard InChI is InChI=1S/C18H14ClNO6/c1-25-18(22)14-6-2-13(3-7-14)11-26-17(21)9-5-12-4-8-15(19)16(10-12)20(23)24/h2-10H,11H2,1H3. The molecule has 0 bridgehead atoms. The Morgan fingerprint density at radius 1 is 1.19 bits per heavy atom. The molecule has 134 valence electrons. The summed E-state index contributed by atoms with van der Waals surface area (Å²) < 4.78 is 9.67. The maximum atomic E-state index is 11.8. The van der Waals surface area contributed by atoms with E-state index in [-0.39, 0.29) is 17.3 Å². The second-order valence-electron chi connectivity index (χ2n) is 5.10. The second kappa shape index (κ2) is 8.77. The molecular weight excluding hydrogens is 362 g/mol. The summed E-state index contributed by atoms with van der Waals surface area (Å²) in [6.07, 6.45) is 2.56. The Balaban J connectivity index is 1.94. The summed E-state index contributed by atoms with van der Waals surface area (Å²) in [5.41, 5.74) is 1.29. The van der Waals surface area contributed by atoms with Crippen LogP contribution in [0.15, 0.2) is 48.5 Å². The Bertz CT molecular complexity index is 860. The first kappa shape index (κ1) is 19.1. The van der Waals surface area contributed by atoms with Crippen LogP contribution in [-0.4, -0.2) is 24.0 Å². The van der Waals surface area contributed by atoms with Crippen LogP contribution in [0.1, 0.15) is 21.5 Å². The summed E-state index contributed by atoms with van der Waals surface area (Å²) >= 11 is 5.73. The molecule has 0 aliphatic heterocycles. The summed E-state index contributed by atoms with van der Waals surface area (Å²) in [5, 5.41) is 10.9. The van der Waals surface area contributed by atoms with Crippen molar-refractivity contribution in [2.45, 2.75) is 6.61 Å². The molecule has 8 heteroatoms. The predicted octanol–water partition coefficient (Wildman–Crippen LogP) is 3.79. The summed E-state index contributed by atoms with van der Waals surface area (Å²) in [4.78, 5) is 33.3. The van der Waals surface area contributed by atoms with Crippen LogP contribution < -0.4 is 0 Å². The zero-order valence-corrected chi connectivity index (χ0v) is 14.4. The van der Waals surface area contributed by atoms with Gasteiger partial charge in [-0.05, 0) is 35.4 Å². The Labute approximate surface area is 153 Å². The number of rotatable bonds is 6. The van der Waals surface area contributed by atoms with E-state index in [1.165, 1.54) is 25.3 Å². The molecule has 0 spiro atoms. The zero-order chi connectivity index (χ0) is 19.1. The average molecular weight is 376 g/mol. The first-order valence-electron chi connectivity index (χ1n) is 7.36. The lowest BCUT2D eigenvalue weighted by Gasteiger charge is -2.04. The molecule has 0 saturated carbocycles. The molecule has 0 radical (unpaired) electrons. The minimum Gasteiger partial charge on any atom is -0.465 e. The predicted molar refractivity (Wildman–Crippen MR) is 94.7 cm³/mol. The third-order valence-electron chi connectivity index (χ3n) is 3.33. The fraction of sp³-hybridized carbons (Fsp3) is 0.111. The number of carbonyl (C=O) groups excluding carboxylic acids is 2. The molecule has 0 atom stereocenters. The number of nitro groups is 1. The van der Waals surface area contributed by atoms with Crippen molar-refractivity contribution in [3.05, 3.63) is 80.4 Å². The SMILES string of the molecule is COC(=O)c1ccc(COC(=O)C=Cc2ccc(Cl)c([N+](=O)[O-])c2)cc1. The fourth-order valence-electron chi connectivity index (χ4n) is 2.00. The van der Waals surface area contributed by atoms with Gasteiger partial charge in [-0.3, -0.25) is 10.1 Å². The van der Waals surface area contributed by atoms with Crippen molar-refractivity contribution >= 4 is 35.3 Å². The summed E-state index contributed by atoms with van der Waals surface area (Å²) in [6, 6.07) is 10.6. The molecule has 0 aromatic heterocycles. The van der Waals surface area contributed by atoms with Gasteiger partial charge in [-0.15, -0.1) is 0 Å². The first-order valence-corrected chi connectivity index (χ1v) is 7.74. The topological polar surface area (TPSA) is 95.7 Å². The molecule has 26 heavy (non-hydrogen) atoms. The third kappa shape index (κ3) is 5.15. The van der Waals surface area contributed by atoms with Crippen LogP contribution in [0.5, 0.6) is 0 Å². The van der Waals surface area contributed by atoms with Gasteiger partial charge in [0.15, 0.2) is 0 Å². The highest BCUT2D eigenvalue weighted by Crippen LogP contribution is 2.25.